The molecule has 2 rings (SSSR count). The van der Waals surface area contributed by atoms with Crippen LogP contribution < -0.4 is 10.5 Å². The van der Waals surface area contributed by atoms with Gasteiger partial charge in [-0.1, -0.05) is 18.9 Å². The van der Waals surface area contributed by atoms with Crippen LogP contribution in [0.1, 0.15) is 31.2 Å². The molecule has 6 heteroatoms. The zero-order valence-electron chi connectivity index (χ0n) is 10.9. The first-order chi connectivity index (χ1) is 8.88. The van der Waals surface area contributed by atoms with Gasteiger partial charge in [0.2, 0.25) is 10.0 Å². The molecular formula is C13H19FN2O2S. The highest BCUT2D eigenvalue weighted by Crippen LogP contribution is 2.30. The lowest BCUT2D eigenvalue weighted by Gasteiger charge is -2.28. The Morgan fingerprint density at radius 1 is 1.37 bits per heavy atom. The summed E-state index contributed by atoms with van der Waals surface area (Å²) in [5.74, 6) is -0.724. The van der Waals surface area contributed by atoms with Crippen molar-refractivity contribution in [1.29, 1.82) is 0 Å². The van der Waals surface area contributed by atoms with Crippen molar-refractivity contribution in [3.05, 3.63) is 29.6 Å². The first-order valence-corrected chi connectivity index (χ1v) is 7.87. The minimum absolute atomic E-state index is 0.236. The second kappa shape index (κ2) is 5.19. The molecule has 1 saturated carbocycles. The number of benzene rings is 1. The molecule has 19 heavy (non-hydrogen) atoms. The fourth-order valence-electron chi connectivity index (χ4n) is 2.56. The van der Waals surface area contributed by atoms with Crippen LogP contribution in [0.5, 0.6) is 0 Å². The van der Waals surface area contributed by atoms with Gasteiger partial charge in [0, 0.05) is 12.1 Å². The van der Waals surface area contributed by atoms with E-state index in [4.69, 9.17) is 5.73 Å². The number of aryl methyl sites for hydroxylation is 1. The quantitative estimate of drug-likeness (QED) is 0.884. The maximum atomic E-state index is 13.8. The van der Waals surface area contributed by atoms with Crippen LogP contribution >= 0.6 is 0 Å². The molecule has 0 radical (unpaired) electrons. The third kappa shape index (κ3) is 2.96. The van der Waals surface area contributed by atoms with Crippen molar-refractivity contribution < 1.29 is 12.8 Å². The highest BCUT2D eigenvalue weighted by Gasteiger charge is 2.37. The van der Waals surface area contributed by atoms with Gasteiger partial charge in [-0.25, -0.2) is 17.5 Å². The Morgan fingerprint density at radius 2 is 2.00 bits per heavy atom. The first-order valence-electron chi connectivity index (χ1n) is 6.39. The van der Waals surface area contributed by atoms with Gasteiger partial charge < -0.3 is 5.73 Å². The Labute approximate surface area is 113 Å². The Hall–Kier alpha value is -0.980. The van der Waals surface area contributed by atoms with Crippen LogP contribution in [0.2, 0.25) is 0 Å². The number of nitrogens with one attached hydrogen (secondary N) is 1. The molecule has 1 aliphatic rings. The monoisotopic (exact) mass is 286 g/mol. The molecule has 0 atom stereocenters. The lowest BCUT2D eigenvalue weighted by molar-refractivity contribution is 0.398. The van der Waals surface area contributed by atoms with Crippen LogP contribution in [0.25, 0.3) is 0 Å². The summed E-state index contributed by atoms with van der Waals surface area (Å²) in [6, 6.07) is 4.10. The second-order valence-corrected chi connectivity index (χ2v) is 6.88. The van der Waals surface area contributed by atoms with Crippen molar-refractivity contribution in [2.24, 2.45) is 5.73 Å². The van der Waals surface area contributed by atoms with Crippen molar-refractivity contribution in [2.75, 3.05) is 6.54 Å². The molecule has 0 heterocycles. The van der Waals surface area contributed by atoms with E-state index in [-0.39, 0.29) is 11.4 Å². The van der Waals surface area contributed by atoms with E-state index in [1.54, 1.807) is 13.0 Å². The highest BCUT2D eigenvalue weighted by molar-refractivity contribution is 7.89. The number of hydrogen-bond acceptors (Lipinski definition) is 3. The van der Waals surface area contributed by atoms with Gasteiger partial charge in [-0.05, 0) is 37.5 Å². The molecule has 106 valence electrons. The summed E-state index contributed by atoms with van der Waals surface area (Å²) in [6.07, 6.45) is 3.29. The summed E-state index contributed by atoms with van der Waals surface area (Å²) in [5, 5.41) is 0. The predicted octanol–water partition coefficient (Wildman–Crippen LogP) is 1.68. The molecule has 1 aliphatic carbocycles. The average Bonchev–Trinajstić information content (AvgIpc) is 2.77. The summed E-state index contributed by atoms with van der Waals surface area (Å²) >= 11 is 0. The molecule has 0 aromatic heterocycles. The van der Waals surface area contributed by atoms with Crippen molar-refractivity contribution in [1.82, 2.24) is 4.72 Å². The van der Waals surface area contributed by atoms with Gasteiger partial charge in [-0.3, -0.25) is 0 Å². The smallest absolute Gasteiger partial charge is 0.244 e. The van der Waals surface area contributed by atoms with E-state index in [0.29, 0.717) is 18.4 Å². The number of sulfonamides is 1. The Kier molecular flexibility index (Phi) is 3.94. The number of rotatable bonds is 4. The standard InChI is InChI=1S/C13H19FN2O2S/c1-10-4-5-12(11(14)8-10)19(17,18)16-13(9-15)6-2-3-7-13/h4-5,8,16H,2-3,6-7,9,15H2,1H3. The van der Waals surface area contributed by atoms with Crippen LogP contribution in [0, 0.1) is 12.7 Å². The molecule has 4 nitrogen and oxygen atoms in total. The molecule has 3 N–H and O–H groups in total. The minimum atomic E-state index is -3.87. The first kappa shape index (κ1) is 14.4. The van der Waals surface area contributed by atoms with E-state index < -0.39 is 21.4 Å². The van der Waals surface area contributed by atoms with Gasteiger partial charge in [-0.15, -0.1) is 0 Å². The lowest BCUT2D eigenvalue weighted by atomic mass is 10.0. The van der Waals surface area contributed by atoms with E-state index in [1.807, 2.05) is 0 Å². The molecule has 0 spiro atoms. The Morgan fingerprint density at radius 3 is 2.53 bits per heavy atom. The van der Waals surface area contributed by atoms with E-state index in [9.17, 15) is 12.8 Å². The van der Waals surface area contributed by atoms with Crippen molar-refractivity contribution in [3.8, 4) is 0 Å². The van der Waals surface area contributed by atoms with Gasteiger partial charge in [0.15, 0.2) is 0 Å². The van der Waals surface area contributed by atoms with Gasteiger partial charge in [0.1, 0.15) is 10.7 Å². The molecule has 0 amide bonds. The molecule has 0 unspecified atom stereocenters. The third-order valence-corrected chi connectivity index (χ3v) is 5.29. The van der Waals surface area contributed by atoms with E-state index in [2.05, 4.69) is 4.72 Å². The molecule has 0 aliphatic heterocycles. The van der Waals surface area contributed by atoms with Crippen LogP contribution in [-0.2, 0) is 10.0 Å². The van der Waals surface area contributed by atoms with Crippen molar-refractivity contribution in [2.45, 2.75) is 43.0 Å². The second-order valence-electron chi connectivity index (χ2n) is 5.23. The SMILES string of the molecule is Cc1ccc(S(=O)(=O)NC2(CN)CCCC2)c(F)c1. The fraction of sp³-hybridized carbons (Fsp3) is 0.538. The summed E-state index contributed by atoms with van der Waals surface area (Å²) in [7, 11) is -3.87. The number of nitrogens with two attached hydrogens (primary N) is 1. The zero-order chi connectivity index (χ0) is 14.1. The summed E-state index contributed by atoms with van der Waals surface area (Å²) in [5.41, 5.74) is 5.77. The molecule has 1 aromatic rings. The van der Waals surface area contributed by atoms with Gasteiger partial charge in [-0.2, -0.15) is 0 Å². The van der Waals surface area contributed by atoms with Crippen LogP contribution in [-0.4, -0.2) is 20.5 Å². The lowest BCUT2D eigenvalue weighted by Crippen LogP contribution is -2.51. The number of hydrogen-bond donors (Lipinski definition) is 2. The normalized spacial score (nSPS) is 18.7. The Bertz CT molecular complexity index is 566. The van der Waals surface area contributed by atoms with E-state index in [0.717, 1.165) is 12.8 Å². The largest absolute Gasteiger partial charge is 0.329 e. The molecule has 1 fully saturated rings. The molecule has 0 bridgehead atoms. The fourth-order valence-corrected chi connectivity index (χ4v) is 4.09. The summed E-state index contributed by atoms with van der Waals surface area (Å²) < 4.78 is 41.0. The topological polar surface area (TPSA) is 72.2 Å². The Balaban J connectivity index is 2.32. The maximum absolute atomic E-state index is 13.8. The summed E-state index contributed by atoms with van der Waals surface area (Å²) in [6.45, 7) is 1.95. The van der Waals surface area contributed by atoms with Crippen LogP contribution in [0.4, 0.5) is 4.39 Å². The minimum Gasteiger partial charge on any atom is -0.329 e. The van der Waals surface area contributed by atoms with Crippen LogP contribution in [0.3, 0.4) is 0 Å². The van der Waals surface area contributed by atoms with Crippen LogP contribution in [0.15, 0.2) is 23.1 Å². The average molecular weight is 286 g/mol. The molecule has 1 aromatic carbocycles. The highest BCUT2D eigenvalue weighted by atomic mass is 32.2. The number of halogens is 1. The van der Waals surface area contributed by atoms with E-state index in [1.165, 1.54) is 12.1 Å². The van der Waals surface area contributed by atoms with Crippen molar-refractivity contribution in [3.63, 3.8) is 0 Å². The zero-order valence-corrected chi connectivity index (χ0v) is 11.8. The van der Waals surface area contributed by atoms with Crippen molar-refractivity contribution >= 4 is 10.0 Å². The van der Waals surface area contributed by atoms with Gasteiger partial charge in [0.05, 0.1) is 0 Å². The molecular weight excluding hydrogens is 267 g/mol. The molecule has 0 saturated heterocycles. The summed E-state index contributed by atoms with van der Waals surface area (Å²) in [4.78, 5) is -0.308. The third-order valence-electron chi connectivity index (χ3n) is 3.68. The maximum Gasteiger partial charge on any atom is 0.244 e. The van der Waals surface area contributed by atoms with E-state index >= 15 is 0 Å². The van der Waals surface area contributed by atoms with Gasteiger partial charge >= 0.3 is 0 Å². The predicted molar refractivity (Wildman–Crippen MR) is 71.7 cm³/mol. The van der Waals surface area contributed by atoms with Gasteiger partial charge in [0.25, 0.3) is 0 Å².